The number of thioether (sulfide) groups is 1. The molecule has 6 N–H and O–H groups in total. The molecule has 2 fully saturated rings. The van der Waals surface area contributed by atoms with Gasteiger partial charge in [-0.05, 0) is 46.0 Å². The molecule has 0 aromatic rings. The number of nitrogens with one attached hydrogen (secondary N) is 2. The third-order valence-corrected chi connectivity index (χ3v) is 8.55. The lowest BCUT2D eigenvalue weighted by Crippen LogP contribution is -2.49. The fraction of sp³-hybridized carbons (Fsp3) is 0.720. The van der Waals surface area contributed by atoms with Gasteiger partial charge in [0, 0.05) is 23.8 Å². The third-order valence-electron chi connectivity index (χ3n) is 7.39. The molecule has 1 unspecified atom stereocenters. The molecule has 1 aliphatic carbocycles. The number of nitrogens with two attached hydrogens (primary N) is 1. The number of hydrogen-bond acceptors (Lipinski definition) is 9. The highest BCUT2D eigenvalue weighted by atomic mass is 32.2. The molecule has 38 heavy (non-hydrogen) atoms. The molecule has 3 aliphatic rings. The Labute approximate surface area is 225 Å². The lowest BCUT2D eigenvalue weighted by Gasteiger charge is -2.23. The Kier molecular flexibility index (Phi) is 10.2. The van der Waals surface area contributed by atoms with Crippen LogP contribution in [0.1, 0.15) is 52.4 Å². The highest BCUT2D eigenvalue weighted by molar-refractivity contribution is 7.99. The van der Waals surface area contributed by atoms with Gasteiger partial charge in [-0.2, -0.15) is 11.8 Å². The SMILES string of the molecule is C/C1=C/CC[C@@]2(C)O[C@H]2[C@H]2OC(=O)[C@@H](CSC[C@H](NC(=O)CCC(N)C(=O)O)C(=O)NCC(=O)O)[C@@H]2CC1. The zero-order valence-corrected chi connectivity index (χ0v) is 22.5. The number of amides is 2. The Morgan fingerprint density at radius 3 is 2.71 bits per heavy atom. The molecule has 0 aromatic heterocycles. The summed E-state index contributed by atoms with van der Waals surface area (Å²) in [4.78, 5) is 59.6. The normalized spacial score (nSPS) is 31.3. The first-order valence-electron chi connectivity index (χ1n) is 12.8. The van der Waals surface area contributed by atoms with Crippen molar-refractivity contribution in [2.75, 3.05) is 18.1 Å². The quantitative estimate of drug-likeness (QED) is 0.127. The summed E-state index contributed by atoms with van der Waals surface area (Å²) < 4.78 is 11.8. The molecular formula is C25H37N3O9S. The number of carboxylic acids is 2. The number of esters is 1. The number of carbonyl (C=O) groups excluding carboxylic acids is 3. The van der Waals surface area contributed by atoms with Crippen LogP contribution in [-0.4, -0.2) is 87.9 Å². The second-order valence-electron chi connectivity index (χ2n) is 10.4. The number of ether oxygens (including phenoxy) is 2. The van der Waals surface area contributed by atoms with Crippen LogP contribution in [0.2, 0.25) is 0 Å². The van der Waals surface area contributed by atoms with Crippen LogP contribution in [0.3, 0.4) is 0 Å². The van der Waals surface area contributed by atoms with Gasteiger partial charge in [0.15, 0.2) is 0 Å². The van der Waals surface area contributed by atoms with Crippen molar-refractivity contribution in [1.29, 1.82) is 0 Å². The van der Waals surface area contributed by atoms with E-state index in [-0.39, 0.29) is 48.3 Å². The summed E-state index contributed by atoms with van der Waals surface area (Å²) in [7, 11) is 0. The number of allylic oxidation sites excluding steroid dienone is 2. The fourth-order valence-corrected chi connectivity index (χ4v) is 6.23. The Bertz CT molecular complexity index is 974. The van der Waals surface area contributed by atoms with Gasteiger partial charge in [0.05, 0.1) is 11.5 Å². The molecule has 13 heteroatoms. The molecule has 3 rings (SSSR count). The van der Waals surface area contributed by atoms with E-state index < -0.39 is 48.3 Å². The molecule has 0 spiro atoms. The molecular weight excluding hydrogens is 518 g/mol. The van der Waals surface area contributed by atoms with Gasteiger partial charge in [0.25, 0.3) is 0 Å². The van der Waals surface area contributed by atoms with Crippen LogP contribution in [0.15, 0.2) is 11.6 Å². The van der Waals surface area contributed by atoms with Gasteiger partial charge in [-0.15, -0.1) is 0 Å². The second-order valence-corrected chi connectivity index (χ2v) is 11.5. The summed E-state index contributed by atoms with van der Waals surface area (Å²) in [5.74, 6) is -4.07. The smallest absolute Gasteiger partial charge is 0.322 e. The van der Waals surface area contributed by atoms with Crippen LogP contribution < -0.4 is 16.4 Å². The summed E-state index contributed by atoms with van der Waals surface area (Å²) in [5.41, 5.74) is 6.39. The minimum absolute atomic E-state index is 0.0466. The van der Waals surface area contributed by atoms with Crippen molar-refractivity contribution in [3.63, 3.8) is 0 Å². The molecule has 2 heterocycles. The molecule has 0 aromatic carbocycles. The van der Waals surface area contributed by atoms with Gasteiger partial charge in [0.1, 0.15) is 30.8 Å². The summed E-state index contributed by atoms with van der Waals surface area (Å²) in [6, 6.07) is -2.30. The topological polar surface area (TPSA) is 198 Å². The Balaban J connectivity index is 1.62. The van der Waals surface area contributed by atoms with E-state index in [4.69, 9.17) is 25.4 Å². The van der Waals surface area contributed by atoms with Crippen molar-refractivity contribution >= 4 is 41.5 Å². The Morgan fingerprint density at radius 1 is 1.29 bits per heavy atom. The number of carbonyl (C=O) groups is 5. The van der Waals surface area contributed by atoms with Gasteiger partial charge < -0.3 is 36.1 Å². The molecule has 7 atom stereocenters. The maximum atomic E-state index is 12.9. The van der Waals surface area contributed by atoms with Crippen LogP contribution in [0.5, 0.6) is 0 Å². The molecule has 212 valence electrons. The summed E-state index contributed by atoms with van der Waals surface area (Å²) >= 11 is 1.29. The molecule has 2 aliphatic heterocycles. The van der Waals surface area contributed by atoms with Crippen molar-refractivity contribution in [2.24, 2.45) is 17.6 Å². The maximum Gasteiger partial charge on any atom is 0.322 e. The predicted molar refractivity (Wildman–Crippen MR) is 137 cm³/mol. The van der Waals surface area contributed by atoms with Gasteiger partial charge in [-0.1, -0.05) is 11.6 Å². The lowest BCUT2D eigenvalue weighted by atomic mass is 9.81. The predicted octanol–water partition coefficient (Wildman–Crippen LogP) is 0.433. The fourth-order valence-electron chi connectivity index (χ4n) is 4.99. The summed E-state index contributed by atoms with van der Waals surface area (Å²) in [6.45, 7) is 3.51. The van der Waals surface area contributed by atoms with E-state index in [0.29, 0.717) is 5.75 Å². The molecule has 2 saturated heterocycles. The minimum atomic E-state index is -1.24. The number of fused-ring (bicyclic) bond motifs is 3. The average molecular weight is 556 g/mol. The van der Waals surface area contributed by atoms with Crippen molar-refractivity contribution in [3.8, 4) is 0 Å². The van der Waals surface area contributed by atoms with Gasteiger partial charge >= 0.3 is 17.9 Å². The van der Waals surface area contributed by atoms with Crippen LogP contribution in [0.25, 0.3) is 0 Å². The average Bonchev–Trinajstić information content (AvgIpc) is 3.42. The first kappa shape index (κ1) is 29.9. The number of rotatable bonds is 12. The third kappa shape index (κ3) is 7.93. The molecule has 0 saturated carbocycles. The Morgan fingerprint density at radius 2 is 2.03 bits per heavy atom. The largest absolute Gasteiger partial charge is 0.480 e. The van der Waals surface area contributed by atoms with Crippen LogP contribution >= 0.6 is 11.8 Å². The number of carboxylic acid groups (broad SMARTS) is 2. The van der Waals surface area contributed by atoms with Crippen molar-refractivity contribution in [1.82, 2.24) is 10.6 Å². The highest BCUT2D eigenvalue weighted by Crippen LogP contribution is 2.50. The maximum absolute atomic E-state index is 12.9. The van der Waals surface area contributed by atoms with Crippen LogP contribution in [-0.2, 0) is 33.4 Å². The van der Waals surface area contributed by atoms with Crippen LogP contribution in [0.4, 0.5) is 0 Å². The first-order valence-corrected chi connectivity index (χ1v) is 14.0. The Hall–Kier alpha value is -2.64. The van der Waals surface area contributed by atoms with E-state index in [1.54, 1.807) is 0 Å². The van der Waals surface area contributed by atoms with E-state index in [2.05, 4.69) is 23.6 Å². The number of aliphatic carboxylic acids is 2. The summed E-state index contributed by atoms with van der Waals surface area (Å²) in [5, 5.41) is 22.6. The minimum Gasteiger partial charge on any atom is -0.480 e. The van der Waals surface area contributed by atoms with Crippen molar-refractivity contribution in [2.45, 2.75) is 82.3 Å². The van der Waals surface area contributed by atoms with E-state index >= 15 is 0 Å². The highest BCUT2D eigenvalue weighted by Gasteiger charge is 2.62. The first-order chi connectivity index (χ1) is 17.9. The van der Waals surface area contributed by atoms with E-state index in [1.807, 2.05) is 6.92 Å². The standard InChI is InChI=1S/C25H37N3O9S/c1-13-4-3-9-25(2)21(37-25)20-14(6-5-13)15(24(35)36-20)11-38-12-17(22(32)27-10-19(30)31)28-18(29)8-7-16(26)23(33)34/h4,14-17,20-21H,3,5-12,26H2,1-2H3,(H,27,32)(H,28,29)(H,30,31)(H,33,34)/b13-4-/t14-,15-,16?,17-,20-,21-,25+/m0/s1. The monoisotopic (exact) mass is 555 g/mol. The molecule has 2 amide bonds. The lowest BCUT2D eigenvalue weighted by molar-refractivity contribution is -0.144. The van der Waals surface area contributed by atoms with Crippen LogP contribution in [0, 0.1) is 11.8 Å². The zero-order valence-electron chi connectivity index (χ0n) is 21.6. The van der Waals surface area contributed by atoms with Gasteiger partial charge in [-0.3, -0.25) is 24.0 Å². The van der Waals surface area contributed by atoms with E-state index in [9.17, 15) is 24.0 Å². The van der Waals surface area contributed by atoms with Gasteiger partial charge in [-0.25, -0.2) is 0 Å². The van der Waals surface area contributed by atoms with Gasteiger partial charge in [0.2, 0.25) is 11.8 Å². The molecule has 0 radical (unpaired) electrons. The van der Waals surface area contributed by atoms with E-state index in [0.717, 1.165) is 25.7 Å². The zero-order chi connectivity index (χ0) is 28.0. The number of hydrogen-bond donors (Lipinski definition) is 5. The second kappa shape index (κ2) is 12.9. The van der Waals surface area contributed by atoms with Crippen molar-refractivity contribution in [3.05, 3.63) is 11.6 Å². The summed E-state index contributed by atoms with van der Waals surface area (Å²) in [6.07, 6.45) is 4.82. The van der Waals surface area contributed by atoms with E-state index in [1.165, 1.54) is 17.3 Å². The molecule has 0 bridgehead atoms. The molecule has 12 nitrogen and oxygen atoms in total. The number of epoxide rings is 1. The van der Waals surface area contributed by atoms with Crippen molar-refractivity contribution < 1.29 is 43.7 Å².